The van der Waals surface area contributed by atoms with Crippen molar-refractivity contribution < 1.29 is 9.53 Å². The lowest BCUT2D eigenvalue weighted by molar-refractivity contribution is 0.0302. The summed E-state index contributed by atoms with van der Waals surface area (Å²) in [4.78, 5) is 19.3. The lowest BCUT2D eigenvalue weighted by Crippen LogP contribution is -2.41. The zero-order valence-electron chi connectivity index (χ0n) is 18.9. The predicted molar refractivity (Wildman–Crippen MR) is 132 cm³/mol. The molecule has 0 radical (unpaired) electrons. The molecule has 7 nitrogen and oxygen atoms in total. The summed E-state index contributed by atoms with van der Waals surface area (Å²) in [5, 5.41) is 9.76. The van der Waals surface area contributed by atoms with Crippen LogP contribution in [0.3, 0.4) is 0 Å². The molecular weight excluding hydrogens is 446 g/mol. The van der Waals surface area contributed by atoms with Crippen molar-refractivity contribution in [3.05, 3.63) is 89.7 Å². The van der Waals surface area contributed by atoms with Gasteiger partial charge in [-0.05, 0) is 42.8 Å². The molecule has 34 heavy (non-hydrogen) atoms. The molecule has 0 aliphatic carbocycles. The third-order valence-corrected chi connectivity index (χ3v) is 6.73. The van der Waals surface area contributed by atoms with Gasteiger partial charge in [0.05, 0.1) is 13.2 Å². The van der Waals surface area contributed by atoms with Gasteiger partial charge in [-0.15, -0.1) is 10.2 Å². The minimum absolute atomic E-state index is 0.0514. The van der Waals surface area contributed by atoms with Gasteiger partial charge in [0.2, 0.25) is 0 Å². The van der Waals surface area contributed by atoms with Gasteiger partial charge in [-0.1, -0.05) is 47.7 Å². The van der Waals surface area contributed by atoms with Gasteiger partial charge in [0.1, 0.15) is 0 Å². The Kier molecular flexibility index (Phi) is 6.69. The maximum atomic E-state index is 13.2. The Morgan fingerprint density at radius 2 is 1.79 bits per heavy atom. The highest BCUT2D eigenvalue weighted by Gasteiger charge is 2.22. The minimum atomic E-state index is 0.0514. The smallest absolute Gasteiger partial charge is 0.254 e. The van der Waals surface area contributed by atoms with E-state index in [0.717, 1.165) is 33.4 Å². The standard InChI is InChI=1S/C26H25N5O2S/c1-19-8-10-22(11-9-19)31-24(20-6-4-12-27-17-20)28-29-26(31)34-18-21-5-2-3-7-23(21)25(32)30-13-15-33-16-14-30/h2-12,17H,13-16,18H2,1H3. The van der Waals surface area contributed by atoms with Crippen molar-refractivity contribution in [2.24, 2.45) is 0 Å². The fraction of sp³-hybridized carbons (Fsp3) is 0.231. The van der Waals surface area contributed by atoms with Gasteiger partial charge in [-0.2, -0.15) is 0 Å². The normalized spacial score (nSPS) is 13.7. The maximum Gasteiger partial charge on any atom is 0.254 e. The average Bonchev–Trinajstić information content (AvgIpc) is 3.32. The van der Waals surface area contributed by atoms with E-state index in [2.05, 4.69) is 46.4 Å². The van der Waals surface area contributed by atoms with E-state index >= 15 is 0 Å². The topological polar surface area (TPSA) is 73.1 Å². The van der Waals surface area contributed by atoms with Crippen molar-refractivity contribution in [1.29, 1.82) is 0 Å². The number of hydrogen-bond donors (Lipinski definition) is 0. The first-order valence-corrected chi connectivity index (χ1v) is 12.2. The molecule has 1 aliphatic heterocycles. The molecule has 0 N–H and O–H groups in total. The molecule has 1 fully saturated rings. The molecule has 3 heterocycles. The van der Waals surface area contributed by atoms with Crippen molar-refractivity contribution in [3.63, 3.8) is 0 Å². The van der Waals surface area contributed by atoms with E-state index in [-0.39, 0.29) is 5.91 Å². The monoisotopic (exact) mass is 471 g/mol. The van der Waals surface area contributed by atoms with E-state index in [1.54, 1.807) is 24.2 Å². The first kappa shape index (κ1) is 22.3. The molecule has 5 rings (SSSR count). The number of benzene rings is 2. The summed E-state index contributed by atoms with van der Waals surface area (Å²) < 4.78 is 7.45. The van der Waals surface area contributed by atoms with Gasteiger partial charge < -0.3 is 9.64 Å². The van der Waals surface area contributed by atoms with Gasteiger partial charge in [0.25, 0.3) is 5.91 Å². The van der Waals surface area contributed by atoms with Crippen LogP contribution in [0.15, 0.2) is 78.2 Å². The average molecular weight is 472 g/mol. The molecule has 172 valence electrons. The van der Waals surface area contributed by atoms with Crippen molar-refractivity contribution in [3.8, 4) is 17.1 Å². The molecule has 1 saturated heterocycles. The number of aromatic nitrogens is 4. The lowest BCUT2D eigenvalue weighted by Gasteiger charge is -2.27. The van der Waals surface area contributed by atoms with Crippen LogP contribution in [0.4, 0.5) is 0 Å². The molecule has 2 aromatic carbocycles. The van der Waals surface area contributed by atoms with E-state index in [9.17, 15) is 4.79 Å². The van der Waals surface area contributed by atoms with E-state index in [1.165, 1.54) is 5.56 Å². The molecule has 0 bridgehead atoms. The van der Waals surface area contributed by atoms with Crippen LogP contribution in [-0.2, 0) is 10.5 Å². The largest absolute Gasteiger partial charge is 0.378 e. The molecule has 4 aromatic rings. The fourth-order valence-electron chi connectivity index (χ4n) is 3.91. The van der Waals surface area contributed by atoms with Gasteiger partial charge in [0, 0.05) is 48.1 Å². The van der Waals surface area contributed by atoms with Crippen molar-refractivity contribution in [2.45, 2.75) is 17.8 Å². The summed E-state index contributed by atoms with van der Waals surface area (Å²) in [5.74, 6) is 1.39. The summed E-state index contributed by atoms with van der Waals surface area (Å²) in [7, 11) is 0. The summed E-state index contributed by atoms with van der Waals surface area (Å²) in [6.07, 6.45) is 3.54. The van der Waals surface area contributed by atoms with Gasteiger partial charge >= 0.3 is 0 Å². The minimum Gasteiger partial charge on any atom is -0.378 e. The van der Waals surface area contributed by atoms with Crippen LogP contribution in [0.5, 0.6) is 0 Å². The quantitative estimate of drug-likeness (QED) is 0.388. The number of hydrogen-bond acceptors (Lipinski definition) is 6. The Hall–Kier alpha value is -3.49. The van der Waals surface area contributed by atoms with E-state index in [4.69, 9.17) is 4.74 Å². The fourth-order valence-corrected chi connectivity index (χ4v) is 4.86. The van der Waals surface area contributed by atoms with Crippen molar-refractivity contribution in [1.82, 2.24) is 24.6 Å². The number of rotatable bonds is 6. The third-order valence-electron chi connectivity index (χ3n) is 5.75. The third kappa shape index (κ3) is 4.73. The maximum absolute atomic E-state index is 13.2. The second-order valence-electron chi connectivity index (χ2n) is 8.07. The molecule has 8 heteroatoms. The highest BCUT2D eigenvalue weighted by Crippen LogP contribution is 2.30. The van der Waals surface area contributed by atoms with Gasteiger partial charge in [-0.25, -0.2) is 0 Å². The van der Waals surface area contributed by atoms with Crippen LogP contribution in [0.2, 0.25) is 0 Å². The van der Waals surface area contributed by atoms with Crippen molar-refractivity contribution in [2.75, 3.05) is 26.3 Å². The number of ether oxygens (including phenoxy) is 1. The number of carbonyl (C=O) groups is 1. The first-order chi connectivity index (χ1) is 16.7. The molecule has 0 atom stereocenters. The number of aryl methyl sites for hydroxylation is 1. The molecule has 0 unspecified atom stereocenters. The Balaban J connectivity index is 1.45. The molecule has 0 spiro atoms. The molecule has 1 aliphatic rings. The SMILES string of the molecule is Cc1ccc(-n2c(SCc3ccccc3C(=O)N3CCOCC3)nnc2-c2cccnc2)cc1. The number of morpholine rings is 1. The van der Waals surface area contributed by atoms with Gasteiger partial charge in [-0.3, -0.25) is 14.3 Å². The Morgan fingerprint density at radius 1 is 1.00 bits per heavy atom. The van der Waals surface area contributed by atoms with E-state index in [1.807, 2.05) is 45.9 Å². The highest BCUT2D eigenvalue weighted by atomic mass is 32.2. The number of thioether (sulfide) groups is 1. The van der Waals surface area contributed by atoms with E-state index < -0.39 is 0 Å². The Morgan fingerprint density at radius 3 is 2.56 bits per heavy atom. The summed E-state index contributed by atoms with van der Waals surface area (Å²) >= 11 is 1.57. The predicted octanol–water partition coefficient (Wildman–Crippen LogP) is 4.40. The van der Waals surface area contributed by atoms with Crippen LogP contribution in [0.25, 0.3) is 17.1 Å². The van der Waals surface area contributed by atoms with E-state index in [0.29, 0.717) is 32.1 Å². The summed E-state index contributed by atoms with van der Waals surface area (Å²) in [6, 6.07) is 20.0. The first-order valence-electron chi connectivity index (χ1n) is 11.2. The second-order valence-corrected chi connectivity index (χ2v) is 9.01. The molecule has 1 amide bonds. The second kappa shape index (κ2) is 10.2. The Labute approximate surface area is 202 Å². The van der Waals surface area contributed by atoms with Crippen LogP contribution < -0.4 is 0 Å². The molecule has 0 saturated carbocycles. The number of pyridine rings is 1. The highest BCUT2D eigenvalue weighted by molar-refractivity contribution is 7.98. The zero-order chi connectivity index (χ0) is 23.3. The molecule has 2 aromatic heterocycles. The van der Waals surface area contributed by atoms with Crippen LogP contribution in [-0.4, -0.2) is 56.9 Å². The summed E-state index contributed by atoms with van der Waals surface area (Å²) in [5.41, 5.74) is 4.76. The Bertz CT molecular complexity index is 1270. The molecular formula is C26H25N5O2S. The zero-order valence-corrected chi connectivity index (χ0v) is 19.7. The van der Waals surface area contributed by atoms with Gasteiger partial charge in [0.15, 0.2) is 11.0 Å². The van der Waals surface area contributed by atoms with Crippen LogP contribution in [0.1, 0.15) is 21.5 Å². The summed E-state index contributed by atoms with van der Waals surface area (Å²) in [6.45, 7) is 4.47. The lowest BCUT2D eigenvalue weighted by atomic mass is 10.1. The number of carbonyl (C=O) groups excluding carboxylic acids is 1. The van der Waals surface area contributed by atoms with Crippen molar-refractivity contribution >= 4 is 17.7 Å². The number of nitrogens with zero attached hydrogens (tertiary/aromatic N) is 5. The van der Waals surface area contributed by atoms with Crippen LogP contribution in [0, 0.1) is 6.92 Å². The van der Waals surface area contributed by atoms with Crippen LogP contribution >= 0.6 is 11.8 Å². The number of amides is 1.